The van der Waals surface area contributed by atoms with Crippen LogP contribution in [0.1, 0.15) is 45.8 Å². The van der Waals surface area contributed by atoms with Crippen molar-refractivity contribution in [2.75, 3.05) is 11.1 Å². The smallest absolute Gasteiger partial charge is 0.251 e. The lowest BCUT2D eigenvalue weighted by Gasteiger charge is -2.15. The Balaban J connectivity index is 1.68. The number of rotatable bonds is 9. The highest BCUT2D eigenvalue weighted by Gasteiger charge is 2.20. The molecular formula is C25H28BrN5O2S. The van der Waals surface area contributed by atoms with Crippen molar-refractivity contribution in [1.29, 1.82) is 0 Å². The van der Waals surface area contributed by atoms with E-state index in [0.717, 1.165) is 26.9 Å². The molecule has 1 heterocycles. The molecule has 0 radical (unpaired) electrons. The van der Waals surface area contributed by atoms with E-state index in [9.17, 15) is 9.59 Å². The number of aryl methyl sites for hydroxylation is 1. The highest BCUT2D eigenvalue weighted by Crippen LogP contribution is 2.26. The number of allylic oxidation sites excluding steroid dienone is 1. The molecule has 34 heavy (non-hydrogen) atoms. The van der Waals surface area contributed by atoms with Gasteiger partial charge in [-0.3, -0.25) is 9.59 Å². The Morgan fingerprint density at radius 1 is 1.18 bits per heavy atom. The average Bonchev–Trinajstić information content (AvgIpc) is 3.21. The molecule has 1 aromatic heterocycles. The summed E-state index contributed by atoms with van der Waals surface area (Å²) in [6.45, 7) is 12.1. The van der Waals surface area contributed by atoms with Crippen molar-refractivity contribution in [3.63, 3.8) is 0 Å². The van der Waals surface area contributed by atoms with Crippen molar-refractivity contribution in [2.45, 2.75) is 45.4 Å². The van der Waals surface area contributed by atoms with E-state index >= 15 is 0 Å². The van der Waals surface area contributed by atoms with Crippen molar-refractivity contribution in [3.8, 4) is 0 Å². The molecule has 1 atom stereocenters. The van der Waals surface area contributed by atoms with E-state index in [0.29, 0.717) is 23.1 Å². The van der Waals surface area contributed by atoms with Gasteiger partial charge in [-0.15, -0.1) is 16.8 Å². The lowest BCUT2D eigenvalue weighted by atomic mass is 10.1. The van der Waals surface area contributed by atoms with Crippen LogP contribution in [0.15, 0.2) is 58.7 Å². The molecule has 0 saturated carbocycles. The Hall–Kier alpha value is -2.91. The summed E-state index contributed by atoms with van der Waals surface area (Å²) in [5.41, 5.74) is 4.49. The standard InChI is InChI=1S/C25H28BrN5O2S/c1-6-12-31-23(18(5)27-24(33)19-9-7-8-15(2)13-19)29-30-25(31)34-14-22(32)28-21-11-10-20(26)16(3)17(21)4/h6-11,13,18H,1,12,14H2,2-5H3,(H,27,33)(H,28,32)/t18-/m0/s1. The topological polar surface area (TPSA) is 88.9 Å². The van der Waals surface area contributed by atoms with Gasteiger partial charge >= 0.3 is 0 Å². The van der Waals surface area contributed by atoms with Crippen LogP contribution in [0.5, 0.6) is 0 Å². The van der Waals surface area contributed by atoms with Crippen LogP contribution in [0.25, 0.3) is 0 Å². The van der Waals surface area contributed by atoms with Crippen LogP contribution in [-0.4, -0.2) is 32.3 Å². The number of aromatic nitrogens is 3. The lowest BCUT2D eigenvalue weighted by molar-refractivity contribution is -0.113. The molecule has 0 bridgehead atoms. The summed E-state index contributed by atoms with van der Waals surface area (Å²) < 4.78 is 2.87. The van der Waals surface area contributed by atoms with Gasteiger partial charge in [0.05, 0.1) is 11.8 Å². The minimum absolute atomic E-state index is 0.134. The number of thioether (sulfide) groups is 1. The monoisotopic (exact) mass is 541 g/mol. The molecule has 0 unspecified atom stereocenters. The van der Waals surface area contributed by atoms with Gasteiger partial charge in [0, 0.05) is 22.3 Å². The van der Waals surface area contributed by atoms with Gasteiger partial charge in [-0.25, -0.2) is 0 Å². The van der Waals surface area contributed by atoms with Crippen molar-refractivity contribution in [1.82, 2.24) is 20.1 Å². The van der Waals surface area contributed by atoms with Crippen LogP contribution in [0.4, 0.5) is 5.69 Å². The summed E-state index contributed by atoms with van der Waals surface area (Å²) in [7, 11) is 0. The predicted octanol–water partition coefficient (Wildman–Crippen LogP) is 5.37. The molecule has 2 amide bonds. The number of nitrogens with zero attached hydrogens (tertiary/aromatic N) is 3. The van der Waals surface area contributed by atoms with Crippen molar-refractivity contribution >= 4 is 45.2 Å². The van der Waals surface area contributed by atoms with Gasteiger partial charge in [-0.1, -0.05) is 51.5 Å². The van der Waals surface area contributed by atoms with Gasteiger partial charge in [0.2, 0.25) is 5.91 Å². The Bertz CT molecular complexity index is 1220. The van der Waals surface area contributed by atoms with Gasteiger partial charge < -0.3 is 15.2 Å². The number of hydrogen-bond acceptors (Lipinski definition) is 5. The second kappa shape index (κ2) is 11.5. The van der Waals surface area contributed by atoms with Crippen LogP contribution >= 0.6 is 27.7 Å². The fourth-order valence-electron chi connectivity index (χ4n) is 3.40. The Morgan fingerprint density at radius 3 is 2.65 bits per heavy atom. The van der Waals surface area contributed by atoms with Gasteiger partial charge in [0.1, 0.15) is 0 Å². The molecule has 0 aliphatic heterocycles. The first kappa shape index (κ1) is 25.7. The molecule has 0 spiro atoms. The predicted molar refractivity (Wildman–Crippen MR) is 140 cm³/mol. The van der Waals surface area contributed by atoms with Crippen molar-refractivity contribution in [2.24, 2.45) is 0 Å². The number of nitrogens with one attached hydrogen (secondary N) is 2. The summed E-state index contributed by atoms with van der Waals surface area (Å²) in [5, 5.41) is 15.1. The number of hydrogen-bond donors (Lipinski definition) is 2. The number of carbonyl (C=O) groups is 2. The van der Waals surface area contributed by atoms with E-state index < -0.39 is 0 Å². The van der Waals surface area contributed by atoms with Gasteiger partial charge in [0.25, 0.3) is 5.91 Å². The molecule has 9 heteroatoms. The van der Waals surface area contributed by atoms with Gasteiger partial charge in [0.15, 0.2) is 11.0 Å². The molecule has 3 aromatic rings. The maximum absolute atomic E-state index is 12.7. The van der Waals surface area contributed by atoms with Crippen LogP contribution in [-0.2, 0) is 11.3 Å². The molecule has 0 aliphatic rings. The third kappa shape index (κ3) is 6.15. The highest BCUT2D eigenvalue weighted by molar-refractivity contribution is 9.10. The normalized spacial score (nSPS) is 11.7. The number of carbonyl (C=O) groups excluding carboxylic acids is 2. The third-order valence-corrected chi connectivity index (χ3v) is 7.23. The molecule has 7 nitrogen and oxygen atoms in total. The Labute approximate surface area is 212 Å². The number of amides is 2. The first-order valence-electron chi connectivity index (χ1n) is 10.8. The van der Waals surface area contributed by atoms with E-state index in [1.807, 2.05) is 62.6 Å². The summed E-state index contributed by atoms with van der Waals surface area (Å²) in [6.07, 6.45) is 1.74. The van der Waals surface area contributed by atoms with Gasteiger partial charge in [-0.05, 0) is 63.1 Å². The maximum atomic E-state index is 12.7. The second-order valence-corrected chi connectivity index (χ2v) is 9.78. The zero-order chi connectivity index (χ0) is 24.8. The Morgan fingerprint density at radius 2 is 1.94 bits per heavy atom. The van der Waals surface area contributed by atoms with Crippen molar-refractivity contribution in [3.05, 3.63) is 81.6 Å². The number of anilines is 1. The lowest BCUT2D eigenvalue weighted by Crippen LogP contribution is -2.29. The minimum atomic E-state index is -0.378. The first-order valence-corrected chi connectivity index (χ1v) is 12.6. The first-order chi connectivity index (χ1) is 16.2. The molecule has 2 aromatic carbocycles. The third-order valence-electron chi connectivity index (χ3n) is 5.40. The molecule has 0 aliphatic carbocycles. The van der Waals surface area contributed by atoms with Crippen LogP contribution in [0, 0.1) is 20.8 Å². The number of halogens is 1. The minimum Gasteiger partial charge on any atom is -0.342 e. The SMILES string of the molecule is C=CCn1c(SCC(=O)Nc2ccc(Br)c(C)c2C)nnc1[C@H](C)NC(=O)c1cccc(C)c1. The average molecular weight is 543 g/mol. The van der Waals surface area contributed by atoms with Crippen LogP contribution in [0.2, 0.25) is 0 Å². The van der Waals surface area contributed by atoms with Crippen LogP contribution in [0.3, 0.4) is 0 Å². The van der Waals surface area contributed by atoms with E-state index in [1.165, 1.54) is 11.8 Å². The molecule has 2 N–H and O–H groups in total. The fraction of sp³-hybridized carbons (Fsp3) is 0.280. The van der Waals surface area contributed by atoms with E-state index in [2.05, 4.69) is 43.3 Å². The zero-order valence-electron chi connectivity index (χ0n) is 19.7. The summed E-state index contributed by atoms with van der Waals surface area (Å²) in [5.74, 6) is 0.458. The quantitative estimate of drug-likeness (QED) is 0.280. The molecule has 3 rings (SSSR count). The van der Waals surface area contributed by atoms with E-state index in [-0.39, 0.29) is 23.6 Å². The van der Waals surface area contributed by atoms with E-state index in [4.69, 9.17) is 0 Å². The number of benzene rings is 2. The van der Waals surface area contributed by atoms with Crippen LogP contribution < -0.4 is 10.6 Å². The zero-order valence-corrected chi connectivity index (χ0v) is 22.1. The second-order valence-electron chi connectivity index (χ2n) is 7.99. The molecule has 0 fully saturated rings. The highest BCUT2D eigenvalue weighted by atomic mass is 79.9. The molecule has 178 valence electrons. The fourth-order valence-corrected chi connectivity index (χ4v) is 4.58. The Kier molecular flexibility index (Phi) is 8.68. The molecular weight excluding hydrogens is 514 g/mol. The largest absolute Gasteiger partial charge is 0.342 e. The van der Waals surface area contributed by atoms with Crippen molar-refractivity contribution < 1.29 is 9.59 Å². The maximum Gasteiger partial charge on any atom is 0.251 e. The van der Waals surface area contributed by atoms with Gasteiger partial charge in [-0.2, -0.15) is 0 Å². The summed E-state index contributed by atoms with van der Waals surface area (Å²) in [4.78, 5) is 25.3. The molecule has 0 saturated heterocycles. The summed E-state index contributed by atoms with van der Waals surface area (Å²) >= 11 is 4.80. The summed E-state index contributed by atoms with van der Waals surface area (Å²) in [6, 6.07) is 10.8. The van der Waals surface area contributed by atoms with E-state index in [1.54, 1.807) is 12.1 Å².